The molecule has 0 unspecified atom stereocenters. The molecule has 0 aliphatic heterocycles. The third-order valence-electron chi connectivity index (χ3n) is 1.95. The SMILES string of the molecule is C#CCCOc1c(Cl)cc(Cl)cc1CNC. The van der Waals surface area contributed by atoms with E-state index in [-0.39, 0.29) is 0 Å². The molecule has 0 heterocycles. The first-order valence-corrected chi connectivity index (χ1v) is 5.63. The van der Waals surface area contributed by atoms with Crippen molar-refractivity contribution in [1.82, 2.24) is 5.32 Å². The molecule has 0 atom stereocenters. The highest BCUT2D eigenvalue weighted by molar-refractivity contribution is 6.35. The topological polar surface area (TPSA) is 21.3 Å². The summed E-state index contributed by atoms with van der Waals surface area (Å²) in [6.07, 6.45) is 5.71. The first-order chi connectivity index (χ1) is 7.69. The van der Waals surface area contributed by atoms with Crippen LogP contribution in [0, 0.1) is 12.3 Å². The van der Waals surface area contributed by atoms with Gasteiger partial charge in [0.05, 0.1) is 11.6 Å². The molecule has 1 aromatic rings. The third-order valence-corrected chi connectivity index (χ3v) is 2.44. The Balaban J connectivity index is 2.90. The Kier molecular flexibility index (Phi) is 5.48. The standard InChI is InChI=1S/C12H13Cl2NO/c1-3-4-5-16-12-9(8-15-2)6-10(13)7-11(12)14/h1,6-7,15H,4-5,8H2,2H3. The summed E-state index contributed by atoms with van der Waals surface area (Å²) in [6, 6.07) is 3.49. The Hall–Kier alpha value is -0.880. The molecule has 0 radical (unpaired) electrons. The lowest BCUT2D eigenvalue weighted by molar-refractivity contribution is 0.323. The average Bonchev–Trinajstić information content (AvgIpc) is 2.22. The maximum absolute atomic E-state index is 6.06. The van der Waals surface area contributed by atoms with Gasteiger partial charge in [-0.25, -0.2) is 0 Å². The molecular formula is C12H13Cl2NO. The van der Waals surface area contributed by atoms with Crippen molar-refractivity contribution in [2.24, 2.45) is 0 Å². The van der Waals surface area contributed by atoms with Gasteiger partial charge in [-0.15, -0.1) is 12.3 Å². The molecule has 0 aliphatic carbocycles. The van der Waals surface area contributed by atoms with Gasteiger partial charge in [-0.3, -0.25) is 0 Å². The molecule has 0 spiro atoms. The summed E-state index contributed by atoms with van der Waals surface area (Å²) in [4.78, 5) is 0. The minimum Gasteiger partial charge on any atom is -0.491 e. The Morgan fingerprint density at radius 3 is 2.81 bits per heavy atom. The maximum Gasteiger partial charge on any atom is 0.142 e. The van der Waals surface area contributed by atoms with Crippen LogP contribution < -0.4 is 10.1 Å². The van der Waals surface area contributed by atoms with E-state index >= 15 is 0 Å². The molecule has 16 heavy (non-hydrogen) atoms. The van der Waals surface area contributed by atoms with Crippen molar-refractivity contribution in [3.8, 4) is 18.1 Å². The smallest absolute Gasteiger partial charge is 0.142 e. The number of nitrogens with one attached hydrogen (secondary N) is 1. The number of terminal acetylenes is 1. The zero-order chi connectivity index (χ0) is 12.0. The van der Waals surface area contributed by atoms with Crippen molar-refractivity contribution in [3.05, 3.63) is 27.7 Å². The highest BCUT2D eigenvalue weighted by atomic mass is 35.5. The summed E-state index contributed by atoms with van der Waals surface area (Å²) < 4.78 is 5.54. The summed E-state index contributed by atoms with van der Waals surface area (Å²) in [7, 11) is 1.85. The van der Waals surface area contributed by atoms with E-state index in [4.69, 9.17) is 34.4 Å². The number of benzene rings is 1. The van der Waals surface area contributed by atoms with Gasteiger partial charge in [0, 0.05) is 23.6 Å². The van der Waals surface area contributed by atoms with Gasteiger partial charge in [-0.2, -0.15) is 0 Å². The van der Waals surface area contributed by atoms with Gasteiger partial charge in [-0.05, 0) is 19.2 Å². The first kappa shape index (κ1) is 13.2. The second-order valence-electron chi connectivity index (χ2n) is 3.21. The van der Waals surface area contributed by atoms with Gasteiger partial charge in [0.25, 0.3) is 0 Å². The summed E-state index contributed by atoms with van der Waals surface area (Å²) in [5.74, 6) is 3.16. The number of rotatable bonds is 5. The molecule has 0 aliphatic rings. The van der Waals surface area contributed by atoms with E-state index in [0.29, 0.717) is 35.4 Å². The van der Waals surface area contributed by atoms with E-state index in [2.05, 4.69) is 11.2 Å². The van der Waals surface area contributed by atoms with E-state index in [1.54, 1.807) is 6.07 Å². The molecule has 1 aromatic carbocycles. The molecule has 1 N–H and O–H groups in total. The van der Waals surface area contributed by atoms with E-state index in [0.717, 1.165) is 5.56 Å². The van der Waals surface area contributed by atoms with Crippen LogP contribution in [0.2, 0.25) is 10.0 Å². The Morgan fingerprint density at radius 1 is 1.44 bits per heavy atom. The first-order valence-electron chi connectivity index (χ1n) is 4.87. The number of ether oxygens (including phenoxy) is 1. The van der Waals surface area contributed by atoms with Crippen LogP contribution in [-0.4, -0.2) is 13.7 Å². The lowest BCUT2D eigenvalue weighted by Crippen LogP contribution is -2.08. The zero-order valence-electron chi connectivity index (χ0n) is 9.02. The van der Waals surface area contributed by atoms with Crippen LogP contribution in [0.25, 0.3) is 0 Å². The van der Waals surface area contributed by atoms with Gasteiger partial charge >= 0.3 is 0 Å². The largest absolute Gasteiger partial charge is 0.491 e. The number of halogens is 2. The second-order valence-corrected chi connectivity index (χ2v) is 4.05. The summed E-state index contributed by atoms with van der Waals surface area (Å²) >= 11 is 12.0. The van der Waals surface area contributed by atoms with E-state index in [1.165, 1.54) is 0 Å². The van der Waals surface area contributed by atoms with E-state index < -0.39 is 0 Å². The molecule has 0 bridgehead atoms. The molecule has 0 saturated carbocycles. The predicted octanol–water partition coefficient (Wildman–Crippen LogP) is 3.11. The van der Waals surface area contributed by atoms with Crippen molar-refractivity contribution >= 4 is 23.2 Å². The Morgan fingerprint density at radius 2 is 2.19 bits per heavy atom. The van der Waals surface area contributed by atoms with Gasteiger partial charge in [0.1, 0.15) is 5.75 Å². The number of hydrogen-bond acceptors (Lipinski definition) is 2. The van der Waals surface area contributed by atoms with Crippen molar-refractivity contribution in [1.29, 1.82) is 0 Å². The van der Waals surface area contributed by atoms with Crippen LogP contribution in [0.3, 0.4) is 0 Å². The van der Waals surface area contributed by atoms with Gasteiger partial charge < -0.3 is 10.1 Å². The third kappa shape index (κ3) is 3.61. The van der Waals surface area contributed by atoms with Crippen molar-refractivity contribution in [3.63, 3.8) is 0 Å². The summed E-state index contributed by atoms with van der Waals surface area (Å²) in [5, 5.41) is 4.14. The predicted molar refractivity (Wildman–Crippen MR) is 68.2 cm³/mol. The highest BCUT2D eigenvalue weighted by Gasteiger charge is 2.09. The minimum atomic E-state index is 0.453. The van der Waals surface area contributed by atoms with Crippen LogP contribution >= 0.6 is 23.2 Å². The second kappa shape index (κ2) is 6.65. The van der Waals surface area contributed by atoms with Crippen LogP contribution in [0.1, 0.15) is 12.0 Å². The molecule has 0 saturated heterocycles. The maximum atomic E-state index is 6.06. The average molecular weight is 258 g/mol. The fraction of sp³-hybridized carbons (Fsp3) is 0.333. The Labute approximate surface area is 106 Å². The molecule has 0 aromatic heterocycles. The van der Waals surface area contributed by atoms with Crippen LogP contribution in [0.5, 0.6) is 5.75 Å². The summed E-state index contributed by atoms with van der Waals surface area (Å²) in [5.41, 5.74) is 0.928. The van der Waals surface area contributed by atoms with Gasteiger partial charge in [-0.1, -0.05) is 23.2 Å². The monoisotopic (exact) mass is 257 g/mol. The van der Waals surface area contributed by atoms with Crippen LogP contribution in [0.15, 0.2) is 12.1 Å². The van der Waals surface area contributed by atoms with E-state index in [9.17, 15) is 0 Å². The zero-order valence-corrected chi connectivity index (χ0v) is 10.5. The van der Waals surface area contributed by atoms with Crippen molar-refractivity contribution in [2.75, 3.05) is 13.7 Å². The normalized spacial score (nSPS) is 9.88. The molecule has 2 nitrogen and oxygen atoms in total. The van der Waals surface area contributed by atoms with E-state index in [1.807, 2.05) is 13.1 Å². The fourth-order valence-corrected chi connectivity index (χ4v) is 1.90. The van der Waals surface area contributed by atoms with Crippen molar-refractivity contribution < 1.29 is 4.74 Å². The molecule has 0 amide bonds. The molecule has 86 valence electrons. The lowest BCUT2D eigenvalue weighted by Gasteiger charge is -2.12. The fourth-order valence-electron chi connectivity index (χ4n) is 1.31. The minimum absolute atomic E-state index is 0.453. The van der Waals surface area contributed by atoms with Gasteiger partial charge in [0.15, 0.2) is 0 Å². The Bertz CT molecular complexity index is 399. The molecular weight excluding hydrogens is 245 g/mol. The van der Waals surface area contributed by atoms with Gasteiger partial charge in [0.2, 0.25) is 0 Å². The molecule has 1 rings (SSSR count). The van der Waals surface area contributed by atoms with Crippen molar-refractivity contribution in [2.45, 2.75) is 13.0 Å². The van der Waals surface area contributed by atoms with Crippen LogP contribution in [0.4, 0.5) is 0 Å². The number of hydrogen-bond donors (Lipinski definition) is 1. The quantitative estimate of drug-likeness (QED) is 0.647. The lowest BCUT2D eigenvalue weighted by atomic mass is 10.2. The molecule has 0 fully saturated rings. The highest BCUT2D eigenvalue weighted by Crippen LogP contribution is 2.32. The van der Waals surface area contributed by atoms with Crippen LogP contribution in [-0.2, 0) is 6.54 Å². The summed E-state index contributed by atoms with van der Waals surface area (Å²) in [6.45, 7) is 1.10. The molecule has 4 heteroatoms.